The van der Waals surface area contributed by atoms with Gasteiger partial charge in [0, 0.05) is 11.6 Å². The molecule has 0 aliphatic heterocycles. The van der Waals surface area contributed by atoms with Gasteiger partial charge in [0.05, 0.1) is 11.4 Å². The number of anilines is 2. The summed E-state index contributed by atoms with van der Waals surface area (Å²) in [6.45, 7) is 0.644. The van der Waals surface area contributed by atoms with Crippen LogP contribution in [0.4, 0.5) is 11.4 Å². The number of halogens is 2. The first-order valence-corrected chi connectivity index (χ1v) is 7.03. The molecule has 0 aliphatic carbocycles. The van der Waals surface area contributed by atoms with E-state index in [0.29, 0.717) is 17.3 Å². The third kappa shape index (κ3) is 4.15. The van der Waals surface area contributed by atoms with Crippen LogP contribution in [-0.2, 0) is 11.3 Å². The third-order valence-corrected chi connectivity index (χ3v) is 3.21. The lowest BCUT2D eigenvalue weighted by Crippen LogP contribution is -2.14. The van der Waals surface area contributed by atoms with Gasteiger partial charge in [-0.15, -0.1) is 11.6 Å². The molecule has 0 atom stereocenters. The number of alkyl halides is 1. The van der Waals surface area contributed by atoms with E-state index in [4.69, 9.17) is 23.2 Å². The lowest BCUT2D eigenvalue weighted by atomic mass is 10.2. The van der Waals surface area contributed by atoms with Gasteiger partial charge in [-0.1, -0.05) is 35.9 Å². The van der Waals surface area contributed by atoms with Crippen LogP contribution in [0, 0.1) is 0 Å². The van der Waals surface area contributed by atoms with E-state index in [1.54, 1.807) is 0 Å². The summed E-state index contributed by atoms with van der Waals surface area (Å²) in [5.41, 5.74) is 2.67. The molecule has 0 fully saturated rings. The Bertz CT molecular complexity index is 585. The number of rotatable bonds is 5. The van der Waals surface area contributed by atoms with Crippen LogP contribution < -0.4 is 10.6 Å². The summed E-state index contributed by atoms with van der Waals surface area (Å²) in [4.78, 5) is 11.4. The summed E-state index contributed by atoms with van der Waals surface area (Å²) in [5.74, 6) is -0.293. The van der Waals surface area contributed by atoms with Crippen molar-refractivity contribution < 1.29 is 4.79 Å². The van der Waals surface area contributed by atoms with Crippen molar-refractivity contribution in [2.24, 2.45) is 0 Å². The van der Waals surface area contributed by atoms with Crippen molar-refractivity contribution in [1.82, 2.24) is 0 Å². The quantitative estimate of drug-likeness (QED) is 0.815. The first-order chi connectivity index (χ1) is 9.69. The van der Waals surface area contributed by atoms with Crippen LogP contribution in [0.5, 0.6) is 0 Å². The average Bonchev–Trinajstić information content (AvgIpc) is 2.48. The predicted molar refractivity (Wildman–Crippen MR) is 84.6 cm³/mol. The molecule has 20 heavy (non-hydrogen) atoms. The predicted octanol–water partition coefficient (Wildman–Crippen LogP) is 4.13. The Morgan fingerprint density at radius 1 is 1.00 bits per heavy atom. The third-order valence-electron chi connectivity index (χ3n) is 2.72. The fourth-order valence-corrected chi connectivity index (χ4v) is 1.92. The Balaban J connectivity index is 2.05. The number of para-hydroxylation sites is 2. The maximum absolute atomic E-state index is 11.4. The van der Waals surface area contributed by atoms with Gasteiger partial charge in [-0.25, -0.2) is 0 Å². The van der Waals surface area contributed by atoms with Crippen molar-refractivity contribution in [1.29, 1.82) is 0 Å². The second-order valence-corrected chi connectivity index (χ2v) is 4.91. The number of carbonyl (C=O) groups excluding carboxylic acids is 1. The van der Waals surface area contributed by atoms with E-state index in [-0.39, 0.29) is 11.8 Å². The van der Waals surface area contributed by atoms with Gasteiger partial charge in [-0.3, -0.25) is 4.79 Å². The standard InChI is InChI=1S/C15H14Cl2N2O/c16-9-15(20)19-14-4-2-1-3-13(14)18-10-11-5-7-12(17)8-6-11/h1-8,18H,9-10H2,(H,19,20). The average molecular weight is 309 g/mol. The van der Waals surface area contributed by atoms with Crippen molar-refractivity contribution >= 4 is 40.5 Å². The molecule has 0 aromatic heterocycles. The van der Waals surface area contributed by atoms with E-state index in [9.17, 15) is 4.79 Å². The van der Waals surface area contributed by atoms with Crippen LogP contribution >= 0.6 is 23.2 Å². The highest BCUT2D eigenvalue weighted by atomic mass is 35.5. The van der Waals surface area contributed by atoms with Crippen molar-refractivity contribution in [3.05, 3.63) is 59.1 Å². The summed E-state index contributed by atoms with van der Waals surface area (Å²) in [5, 5.41) is 6.74. The highest BCUT2D eigenvalue weighted by Crippen LogP contribution is 2.22. The lowest BCUT2D eigenvalue weighted by molar-refractivity contribution is -0.113. The van der Waals surface area contributed by atoms with E-state index < -0.39 is 0 Å². The molecule has 0 heterocycles. The van der Waals surface area contributed by atoms with E-state index in [1.165, 1.54) is 0 Å². The van der Waals surface area contributed by atoms with Gasteiger partial charge in [0.25, 0.3) is 0 Å². The van der Waals surface area contributed by atoms with Crippen LogP contribution in [0.1, 0.15) is 5.56 Å². The molecule has 5 heteroatoms. The van der Waals surface area contributed by atoms with Crippen LogP contribution in [-0.4, -0.2) is 11.8 Å². The van der Waals surface area contributed by atoms with Crippen LogP contribution in [0.3, 0.4) is 0 Å². The SMILES string of the molecule is O=C(CCl)Nc1ccccc1NCc1ccc(Cl)cc1. The Morgan fingerprint density at radius 2 is 1.65 bits per heavy atom. The molecule has 0 aliphatic rings. The lowest BCUT2D eigenvalue weighted by Gasteiger charge is -2.12. The van der Waals surface area contributed by atoms with Gasteiger partial charge in [-0.2, -0.15) is 0 Å². The summed E-state index contributed by atoms with van der Waals surface area (Å²) < 4.78 is 0. The van der Waals surface area contributed by atoms with Gasteiger partial charge in [0.15, 0.2) is 0 Å². The van der Waals surface area contributed by atoms with Crippen molar-refractivity contribution in [3.63, 3.8) is 0 Å². The first kappa shape index (κ1) is 14.7. The zero-order chi connectivity index (χ0) is 14.4. The first-order valence-electron chi connectivity index (χ1n) is 6.12. The molecule has 0 saturated carbocycles. The zero-order valence-corrected chi connectivity index (χ0v) is 12.2. The number of hydrogen-bond donors (Lipinski definition) is 2. The van der Waals surface area contributed by atoms with Gasteiger partial charge < -0.3 is 10.6 Å². The van der Waals surface area contributed by atoms with E-state index in [0.717, 1.165) is 11.3 Å². The second-order valence-electron chi connectivity index (χ2n) is 4.21. The molecule has 2 N–H and O–H groups in total. The summed E-state index contributed by atoms with van der Waals surface area (Å²) >= 11 is 11.3. The Hall–Kier alpha value is -1.71. The van der Waals surface area contributed by atoms with Gasteiger partial charge >= 0.3 is 0 Å². The summed E-state index contributed by atoms with van der Waals surface area (Å²) in [6, 6.07) is 15.1. The van der Waals surface area contributed by atoms with E-state index in [2.05, 4.69) is 10.6 Å². The molecular weight excluding hydrogens is 295 g/mol. The minimum absolute atomic E-state index is 0.0640. The van der Waals surface area contributed by atoms with E-state index >= 15 is 0 Å². The number of carbonyl (C=O) groups is 1. The molecule has 2 rings (SSSR count). The molecule has 104 valence electrons. The number of nitrogens with one attached hydrogen (secondary N) is 2. The Labute approximate surface area is 127 Å². The molecule has 0 saturated heterocycles. The van der Waals surface area contributed by atoms with Crippen molar-refractivity contribution in [3.8, 4) is 0 Å². The Morgan fingerprint density at radius 3 is 2.30 bits per heavy atom. The number of benzene rings is 2. The molecule has 1 amide bonds. The molecule has 0 bridgehead atoms. The fourth-order valence-electron chi connectivity index (χ4n) is 1.73. The molecule has 0 radical (unpaired) electrons. The van der Waals surface area contributed by atoms with Crippen LogP contribution in [0.25, 0.3) is 0 Å². The molecular formula is C15H14Cl2N2O. The van der Waals surface area contributed by atoms with Crippen molar-refractivity contribution in [2.45, 2.75) is 6.54 Å². The number of amides is 1. The molecule has 0 unspecified atom stereocenters. The molecule has 2 aromatic carbocycles. The zero-order valence-electron chi connectivity index (χ0n) is 10.7. The van der Waals surface area contributed by atoms with Crippen molar-refractivity contribution in [2.75, 3.05) is 16.5 Å². The normalized spacial score (nSPS) is 10.1. The second kappa shape index (κ2) is 7.17. The minimum Gasteiger partial charge on any atom is -0.379 e. The van der Waals surface area contributed by atoms with E-state index in [1.807, 2.05) is 48.5 Å². The molecule has 3 nitrogen and oxygen atoms in total. The number of hydrogen-bond acceptors (Lipinski definition) is 2. The molecule has 0 spiro atoms. The fraction of sp³-hybridized carbons (Fsp3) is 0.133. The largest absolute Gasteiger partial charge is 0.379 e. The summed E-state index contributed by atoms with van der Waals surface area (Å²) in [7, 11) is 0. The Kier molecular flexibility index (Phi) is 5.27. The summed E-state index contributed by atoms with van der Waals surface area (Å²) in [6.07, 6.45) is 0. The molecule has 2 aromatic rings. The topological polar surface area (TPSA) is 41.1 Å². The maximum Gasteiger partial charge on any atom is 0.239 e. The minimum atomic E-state index is -0.229. The maximum atomic E-state index is 11.4. The monoisotopic (exact) mass is 308 g/mol. The highest BCUT2D eigenvalue weighted by Gasteiger charge is 2.05. The van der Waals surface area contributed by atoms with Gasteiger partial charge in [0.1, 0.15) is 5.88 Å². The smallest absolute Gasteiger partial charge is 0.239 e. The van der Waals surface area contributed by atoms with Crippen LogP contribution in [0.2, 0.25) is 5.02 Å². The van der Waals surface area contributed by atoms with Gasteiger partial charge in [0.2, 0.25) is 5.91 Å². The highest BCUT2D eigenvalue weighted by molar-refractivity contribution is 6.30. The van der Waals surface area contributed by atoms with Gasteiger partial charge in [-0.05, 0) is 29.8 Å². The van der Waals surface area contributed by atoms with Crippen LogP contribution in [0.15, 0.2) is 48.5 Å².